The molecule has 0 saturated carbocycles. The molecular weight excluding hydrogens is 374 g/mol. The van der Waals surface area contributed by atoms with Crippen molar-refractivity contribution in [3.05, 3.63) is 82.9 Å². The van der Waals surface area contributed by atoms with Gasteiger partial charge in [0.25, 0.3) is 5.91 Å². The monoisotopic (exact) mass is 395 g/mol. The molecule has 1 amide bonds. The molecule has 0 heterocycles. The molecule has 0 radical (unpaired) electrons. The van der Waals surface area contributed by atoms with Crippen molar-refractivity contribution in [2.75, 3.05) is 29.6 Å². The van der Waals surface area contributed by atoms with E-state index < -0.39 is 0 Å². The van der Waals surface area contributed by atoms with E-state index in [-0.39, 0.29) is 5.91 Å². The number of anilines is 4. The maximum absolute atomic E-state index is 12.7. The maximum atomic E-state index is 12.7. The largest absolute Gasteiger partial charge is 0.378 e. The maximum Gasteiger partial charge on any atom is 0.255 e. The number of carbonyl (C=O) groups is 1. The molecule has 0 aromatic heterocycles. The second-order valence-corrected chi connectivity index (χ2v) is 7.04. The Morgan fingerprint density at radius 2 is 1.63 bits per heavy atom. The summed E-state index contributed by atoms with van der Waals surface area (Å²) in [5.41, 5.74) is 5.28. The van der Waals surface area contributed by atoms with Gasteiger partial charge in [-0.25, -0.2) is 0 Å². The second kappa shape index (κ2) is 8.81. The van der Waals surface area contributed by atoms with Crippen LogP contribution in [0, 0.1) is 29.6 Å². The standard InChI is InChI=1S/C24H21N5O/c1-16-7-9-21(28-24(30)17-5-4-6-22(12-17)29(2)3)13-23(16)27-20-10-8-18(14-25)19(11-20)15-26/h4-13,27H,1-3H3,(H,28,30). The molecule has 6 heteroatoms. The van der Waals surface area contributed by atoms with E-state index in [1.807, 2.05) is 74.5 Å². The molecule has 0 bridgehead atoms. The normalized spacial score (nSPS) is 9.90. The van der Waals surface area contributed by atoms with Gasteiger partial charge in [0.2, 0.25) is 0 Å². The van der Waals surface area contributed by atoms with Crippen LogP contribution in [0.1, 0.15) is 27.0 Å². The molecule has 3 aromatic carbocycles. The lowest BCUT2D eigenvalue weighted by Gasteiger charge is -2.15. The predicted molar refractivity (Wildman–Crippen MR) is 119 cm³/mol. The van der Waals surface area contributed by atoms with E-state index in [1.54, 1.807) is 24.3 Å². The first-order valence-corrected chi connectivity index (χ1v) is 9.32. The Hall–Kier alpha value is -4.29. The Morgan fingerprint density at radius 1 is 0.900 bits per heavy atom. The van der Waals surface area contributed by atoms with Crippen molar-refractivity contribution in [2.24, 2.45) is 0 Å². The highest BCUT2D eigenvalue weighted by Crippen LogP contribution is 2.26. The fraction of sp³-hybridized carbons (Fsp3) is 0.125. The molecule has 30 heavy (non-hydrogen) atoms. The van der Waals surface area contributed by atoms with Crippen LogP contribution in [0.4, 0.5) is 22.7 Å². The van der Waals surface area contributed by atoms with Crippen LogP contribution in [0.5, 0.6) is 0 Å². The van der Waals surface area contributed by atoms with Gasteiger partial charge in [-0.2, -0.15) is 10.5 Å². The Morgan fingerprint density at radius 3 is 2.33 bits per heavy atom. The summed E-state index contributed by atoms with van der Waals surface area (Å²) >= 11 is 0. The number of rotatable bonds is 5. The minimum atomic E-state index is -0.196. The van der Waals surface area contributed by atoms with Crippen LogP contribution in [0.15, 0.2) is 60.7 Å². The fourth-order valence-corrected chi connectivity index (χ4v) is 2.93. The highest BCUT2D eigenvalue weighted by Gasteiger charge is 2.10. The Labute approximate surface area is 176 Å². The zero-order valence-electron chi connectivity index (χ0n) is 17.0. The lowest BCUT2D eigenvalue weighted by atomic mass is 10.1. The molecule has 2 N–H and O–H groups in total. The highest BCUT2D eigenvalue weighted by molar-refractivity contribution is 6.05. The van der Waals surface area contributed by atoms with Gasteiger partial charge in [-0.05, 0) is 61.0 Å². The summed E-state index contributed by atoms with van der Waals surface area (Å²) < 4.78 is 0. The zero-order valence-corrected chi connectivity index (χ0v) is 17.0. The molecule has 0 aliphatic heterocycles. The first kappa shape index (κ1) is 20.4. The van der Waals surface area contributed by atoms with E-state index in [0.29, 0.717) is 28.1 Å². The van der Waals surface area contributed by atoms with Crippen molar-refractivity contribution >= 4 is 28.7 Å². The summed E-state index contributed by atoms with van der Waals surface area (Å²) in [7, 11) is 3.85. The lowest BCUT2D eigenvalue weighted by molar-refractivity contribution is 0.102. The lowest BCUT2D eigenvalue weighted by Crippen LogP contribution is -2.14. The van der Waals surface area contributed by atoms with Crippen molar-refractivity contribution in [3.63, 3.8) is 0 Å². The van der Waals surface area contributed by atoms with Gasteiger partial charge in [-0.15, -0.1) is 0 Å². The molecule has 0 saturated heterocycles. The van der Waals surface area contributed by atoms with E-state index in [1.165, 1.54) is 0 Å². The third-order valence-corrected chi connectivity index (χ3v) is 4.66. The number of aryl methyl sites for hydroxylation is 1. The average Bonchev–Trinajstić information content (AvgIpc) is 2.76. The third-order valence-electron chi connectivity index (χ3n) is 4.66. The van der Waals surface area contributed by atoms with Crippen LogP contribution in [0.2, 0.25) is 0 Å². The number of carbonyl (C=O) groups excluding carboxylic acids is 1. The molecule has 3 aromatic rings. The summed E-state index contributed by atoms with van der Waals surface area (Å²) in [6, 6.07) is 22.0. The predicted octanol–water partition coefficient (Wildman–Crippen LogP) is 4.80. The van der Waals surface area contributed by atoms with Crippen LogP contribution >= 0.6 is 0 Å². The van der Waals surface area contributed by atoms with Gasteiger partial charge < -0.3 is 15.5 Å². The van der Waals surface area contributed by atoms with Crippen LogP contribution in [-0.4, -0.2) is 20.0 Å². The van der Waals surface area contributed by atoms with E-state index in [2.05, 4.69) is 10.6 Å². The van der Waals surface area contributed by atoms with Gasteiger partial charge in [0.15, 0.2) is 0 Å². The van der Waals surface area contributed by atoms with Crippen LogP contribution < -0.4 is 15.5 Å². The van der Waals surface area contributed by atoms with Crippen molar-refractivity contribution in [2.45, 2.75) is 6.92 Å². The van der Waals surface area contributed by atoms with Crippen LogP contribution in [0.3, 0.4) is 0 Å². The number of nitriles is 2. The first-order valence-electron chi connectivity index (χ1n) is 9.32. The van der Waals surface area contributed by atoms with Crippen molar-refractivity contribution in [1.29, 1.82) is 10.5 Å². The Balaban J connectivity index is 1.82. The van der Waals surface area contributed by atoms with E-state index in [4.69, 9.17) is 5.26 Å². The van der Waals surface area contributed by atoms with E-state index in [9.17, 15) is 10.1 Å². The quantitative estimate of drug-likeness (QED) is 0.647. The number of benzene rings is 3. The smallest absolute Gasteiger partial charge is 0.255 e. The molecule has 0 spiro atoms. The number of hydrogen-bond acceptors (Lipinski definition) is 5. The Bertz CT molecular complexity index is 1180. The van der Waals surface area contributed by atoms with Crippen LogP contribution in [0.25, 0.3) is 0 Å². The number of hydrogen-bond donors (Lipinski definition) is 2. The summed E-state index contributed by atoms with van der Waals surface area (Å²) in [6.45, 7) is 1.95. The third kappa shape index (κ3) is 4.57. The number of amides is 1. The fourth-order valence-electron chi connectivity index (χ4n) is 2.93. The molecule has 0 atom stereocenters. The number of nitrogens with zero attached hydrogens (tertiary/aromatic N) is 3. The van der Waals surface area contributed by atoms with Gasteiger partial charge in [0.1, 0.15) is 12.1 Å². The van der Waals surface area contributed by atoms with Gasteiger partial charge in [0, 0.05) is 42.4 Å². The van der Waals surface area contributed by atoms with E-state index >= 15 is 0 Å². The average molecular weight is 395 g/mol. The topological polar surface area (TPSA) is 91.9 Å². The highest BCUT2D eigenvalue weighted by atomic mass is 16.1. The van der Waals surface area contributed by atoms with E-state index in [0.717, 1.165) is 16.9 Å². The molecule has 0 unspecified atom stereocenters. The van der Waals surface area contributed by atoms with Crippen molar-refractivity contribution in [1.82, 2.24) is 0 Å². The minimum absolute atomic E-state index is 0.196. The van der Waals surface area contributed by atoms with Crippen molar-refractivity contribution < 1.29 is 4.79 Å². The first-order chi connectivity index (χ1) is 14.4. The minimum Gasteiger partial charge on any atom is -0.378 e. The Kier molecular flexibility index (Phi) is 6.00. The van der Waals surface area contributed by atoms with Gasteiger partial charge in [0.05, 0.1) is 11.1 Å². The summed E-state index contributed by atoms with van der Waals surface area (Å²) in [5, 5.41) is 24.5. The molecule has 148 valence electrons. The summed E-state index contributed by atoms with van der Waals surface area (Å²) in [4.78, 5) is 14.6. The number of nitrogens with one attached hydrogen (secondary N) is 2. The van der Waals surface area contributed by atoms with Crippen LogP contribution in [-0.2, 0) is 0 Å². The van der Waals surface area contributed by atoms with Gasteiger partial charge >= 0.3 is 0 Å². The van der Waals surface area contributed by atoms with Gasteiger partial charge in [-0.3, -0.25) is 4.79 Å². The SMILES string of the molecule is Cc1ccc(NC(=O)c2cccc(N(C)C)c2)cc1Nc1ccc(C#N)c(C#N)c1. The second-order valence-electron chi connectivity index (χ2n) is 7.04. The molecule has 0 fully saturated rings. The molecular formula is C24H21N5O. The molecule has 0 aliphatic carbocycles. The molecule has 0 aliphatic rings. The molecule has 6 nitrogen and oxygen atoms in total. The summed E-state index contributed by atoms with van der Waals surface area (Å²) in [6.07, 6.45) is 0. The van der Waals surface area contributed by atoms with Crippen molar-refractivity contribution in [3.8, 4) is 12.1 Å². The van der Waals surface area contributed by atoms with Gasteiger partial charge in [-0.1, -0.05) is 12.1 Å². The molecule has 3 rings (SSSR count). The summed E-state index contributed by atoms with van der Waals surface area (Å²) in [5.74, 6) is -0.196. The zero-order chi connectivity index (χ0) is 21.7.